The van der Waals surface area contributed by atoms with Gasteiger partial charge in [0.2, 0.25) is 0 Å². The number of aromatic nitrogens is 2. The molecule has 1 saturated heterocycles. The summed E-state index contributed by atoms with van der Waals surface area (Å²) in [5, 5.41) is 6.66. The molecule has 1 fully saturated rings. The number of nitrogens with zero attached hydrogens (tertiary/aromatic N) is 3. The topological polar surface area (TPSA) is 50.2 Å². The van der Waals surface area contributed by atoms with Crippen LogP contribution in [0.4, 0.5) is 13.2 Å². The van der Waals surface area contributed by atoms with Crippen molar-refractivity contribution in [3.8, 4) is 0 Å². The van der Waals surface area contributed by atoms with E-state index >= 15 is 0 Å². The Kier molecular flexibility index (Phi) is 4.38. The number of nitrogens with one attached hydrogen (secondary N) is 1. The van der Waals surface area contributed by atoms with Crippen LogP contribution < -0.4 is 5.32 Å². The van der Waals surface area contributed by atoms with Gasteiger partial charge in [-0.2, -0.15) is 18.3 Å². The second kappa shape index (κ2) is 5.72. The van der Waals surface area contributed by atoms with Crippen molar-refractivity contribution in [1.29, 1.82) is 0 Å². The highest BCUT2D eigenvalue weighted by Gasteiger charge is 2.34. The van der Waals surface area contributed by atoms with Crippen LogP contribution in [0.3, 0.4) is 0 Å². The molecule has 0 spiro atoms. The van der Waals surface area contributed by atoms with Gasteiger partial charge in [0, 0.05) is 26.2 Å². The molecule has 0 radical (unpaired) electrons. The Labute approximate surface area is 122 Å². The van der Waals surface area contributed by atoms with Crippen molar-refractivity contribution in [2.45, 2.75) is 18.6 Å². The molecule has 1 N–H and O–H groups in total. The maximum atomic E-state index is 12.3. The minimum atomic E-state index is -4.20. The summed E-state index contributed by atoms with van der Waals surface area (Å²) in [6, 6.07) is -0.267. The molecule has 0 saturated carbocycles. The van der Waals surface area contributed by atoms with Crippen LogP contribution >= 0.6 is 15.9 Å². The Balaban J connectivity index is 1.89. The largest absolute Gasteiger partial charge is 0.401 e. The van der Waals surface area contributed by atoms with Gasteiger partial charge in [-0.25, -0.2) is 0 Å². The fourth-order valence-electron chi connectivity index (χ4n) is 2.19. The molecule has 5 nitrogen and oxygen atoms in total. The number of halogens is 4. The molecule has 0 aliphatic carbocycles. The van der Waals surface area contributed by atoms with Crippen LogP contribution in [0.5, 0.6) is 0 Å². The summed E-state index contributed by atoms with van der Waals surface area (Å²) in [6.07, 6.45) is -2.27. The molecule has 1 aromatic rings. The lowest BCUT2D eigenvalue weighted by Crippen LogP contribution is -2.39. The minimum Gasteiger partial charge on any atom is -0.348 e. The summed E-state index contributed by atoms with van der Waals surface area (Å²) in [7, 11) is 1.68. The van der Waals surface area contributed by atoms with Crippen LogP contribution in [-0.4, -0.2) is 52.4 Å². The first-order chi connectivity index (χ1) is 9.26. The maximum Gasteiger partial charge on any atom is 0.401 e. The Morgan fingerprint density at radius 1 is 1.60 bits per heavy atom. The van der Waals surface area contributed by atoms with Gasteiger partial charge in [0.25, 0.3) is 5.91 Å². The molecule has 1 aliphatic rings. The monoisotopic (exact) mass is 354 g/mol. The smallest absolute Gasteiger partial charge is 0.348 e. The van der Waals surface area contributed by atoms with Crippen molar-refractivity contribution in [1.82, 2.24) is 20.0 Å². The number of amides is 1. The van der Waals surface area contributed by atoms with Crippen LogP contribution in [0, 0.1) is 0 Å². The highest BCUT2D eigenvalue weighted by Crippen LogP contribution is 2.20. The predicted octanol–water partition coefficient (Wildman–Crippen LogP) is 1.55. The lowest BCUT2D eigenvalue weighted by molar-refractivity contribution is -0.143. The standard InChI is InChI=1S/C11H14BrF3N4O/c1-18-9(12)8(4-16-18)10(20)17-7-2-3-19(5-7)6-11(13,14)15/h4,7H,2-3,5-6H2,1H3,(H,17,20). The molecule has 9 heteroatoms. The van der Waals surface area contributed by atoms with E-state index in [1.54, 1.807) is 7.05 Å². The molecule has 1 unspecified atom stereocenters. The van der Waals surface area contributed by atoms with Gasteiger partial charge in [0.15, 0.2) is 0 Å². The zero-order valence-electron chi connectivity index (χ0n) is 10.7. The highest BCUT2D eigenvalue weighted by atomic mass is 79.9. The number of aryl methyl sites for hydroxylation is 1. The lowest BCUT2D eigenvalue weighted by Gasteiger charge is -2.18. The molecule has 1 atom stereocenters. The van der Waals surface area contributed by atoms with Gasteiger partial charge in [-0.3, -0.25) is 14.4 Å². The Morgan fingerprint density at radius 2 is 2.30 bits per heavy atom. The van der Waals surface area contributed by atoms with E-state index in [2.05, 4.69) is 26.3 Å². The van der Waals surface area contributed by atoms with Gasteiger partial charge in [0.1, 0.15) is 4.60 Å². The van der Waals surface area contributed by atoms with Crippen molar-refractivity contribution < 1.29 is 18.0 Å². The van der Waals surface area contributed by atoms with Crippen molar-refractivity contribution in [2.24, 2.45) is 7.05 Å². The van der Waals surface area contributed by atoms with E-state index in [4.69, 9.17) is 0 Å². The first-order valence-corrected chi connectivity index (χ1v) is 6.83. The number of carbonyl (C=O) groups excluding carboxylic acids is 1. The van der Waals surface area contributed by atoms with Gasteiger partial charge in [-0.15, -0.1) is 0 Å². The average Bonchev–Trinajstić information content (AvgIpc) is 2.86. The van der Waals surface area contributed by atoms with Crippen LogP contribution in [0.25, 0.3) is 0 Å². The first-order valence-electron chi connectivity index (χ1n) is 6.04. The van der Waals surface area contributed by atoms with Gasteiger partial charge in [0.05, 0.1) is 18.3 Å². The molecule has 2 heterocycles. The van der Waals surface area contributed by atoms with Crippen molar-refractivity contribution in [2.75, 3.05) is 19.6 Å². The van der Waals surface area contributed by atoms with E-state index < -0.39 is 12.7 Å². The number of rotatable bonds is 3. The highest BCUT2D eigenvalue weighted by molar-refractivity contribution is 9.10. The SMILES string of the molecule is Cn1ncc(C(=O)NC2CCN(CC(F)(F)F)C2)c1Br. The summed E-state index contributed by atoms with van der Waals surface area (Å²) in [4.78, 5) is 13.3. The molecule has 1 amide bonds. The fraction of sp³-hybridized carbons (Fsp3) is 0.636. The summed E-state index contributed by atoms with van der Waals surface area (Å²) in [6.45, 7) is -0.391. The van der Waals surface area contributed by atoms with E-state index in [0.717, 1.165) is 0 Å². The van der Waals surface area contributed by atoms with E-state index in [9.17, 15) is 18.0 Å². The van der Waals surface area contributed by atoms with Crippen LogP contribution in [0.2, 0.25) is 0 Å². The second-order valence-electron chi connectivity index (χ2n) is 4.78. The number of hydrogen-bond donors (Lipinski definition) is 1. The number of carbonyl (C=O) groups is 1. The Morgan fingerprint density at radius 3 is 2.85 bits per heavy atom. The predicted molar refractivity (Wildman–Crippen MR) is 69.3 cm³/mol. The van der Waals surface area contributed by atoms with E-state index in [1.165, 1.54) is 15.8 Å². The van der Waals surface area contributed by atoms with Crippen molar-refractivity contribution >= 4 is 21.8 Å². The molecule has 1 aliphatic heterocycles. The van der Waals surface area contributed by atoms with Crippen molar-refractivity contribution in [3.05, 3.63) is 16.4 Å². The molecular formula is C11H14BrF3N4O. The van der Waals surface area contributed by atoms with Crippen molar-refractivity contribution in [3.63, 3.8) is 0 Å². The third-order valence-corrected chi connectivity index (χ3v) is 4.06. The first kappa shape index (κ1) is 15.3. The van der Waals surface area contributed by atoms with Gasteiger partial charge >= 0.3 is 6.18 Å². The number of likely N-dealkylation sites (tertiary alicyclic amines) is 1. The van der Waals surface area contributed by atoms with Gasteiger partial charge < -0.3 is 5.32 Å². The molecule has 112 valence electrons. The molecule has 1 aromatic heterocycles. The molecular weight excluding hydrogens is 341 g/mol. The zero-order valence-corrected chi connectivity index (χ0v) is 12.3. The molecule has 2 rings (SSSR count). The van der Waals surface area contributed by atoms with Crippen LogP contribution in [-0.2, 0) is 7.05 Å². The zero-order chi connectivity index (χ0) is 14.9. The third-order valence-electron chi connectivity index (χ3n) is 3.12. The Hall–Kier alpha value is -1.09. The maximum absolute atomic E-state index is 12.3. The minimum absolute atomic E-state index is 0.211. The Bertz CT molecular complexity index is 502. The van der Waals surface area contributed by atoms with Gasteiger partial charge in [-0.1, -0.05) is 0 Å². The molecule has 20 heavy (non-hydrogen) atoms. The summed E-state index contributed by atoms with van der Waals surface area (Å²) in [5.41, 5.74) is 0.377. The molecule has 0 bridgehead atoms. The van der Waals surface area contributed by atoms with E-state index in [-0.39, 0.29) is 18.5 Å². The van der Waals surface area contributed by atoms with Gasteiger partial charge in [-0.05, 0) is 22.4 Å². The third kappa shape index (κ3) is 3.72. The fourth-order valence-corrected chi connectivity index (χ4v) is 2.56. The summed E-state index contributed by atoms with van der Waals surface area (Å²) in [5.74, 6) is -0.330. The van der Waals surface area contributed by atoms with Crippen LogP contribution in [0.1, 0.15) is 16.8 Å². The van der Waals surface area contributed by atoms with E-state index in [1.807, 2.05) is 0 Å². The molecule has 0 aromatic carbocycles. The average molecular weight is 355 g/mol. The number of hydrogen-bond acceptors (Lipinski definition) is 3. The summed E-state index contributed by atoms with van der Waals surface area (Å²) >= 11 is 3.23. The number of alkyl halides is 3. The second-order valence-corrected chi connectivity index (χ2v) is 5.53. The normalized spacial score (nSPS) is 20.4. The van der Waals surface area contributed by atoms with E-state index in [0.29, 0.717) is 23.1 Å². The summed E-state index contributed by atoms with van der Waals surface area (Å²) < 4.78 is 38.9. The quantitative estimate of drug-likeness (QED) is 0.895. The van der Waals surface area contributed by atoms with Crippen LogP contribution in [0.15, 0.2) is 10.8 Å². The lowest BCUT2D eigenvalue weighted by atomic mass is 10.2.